The van der Waals surface area contributed by atoms with Gasteiger partial charge in [0, 0.05) is 0 Å². The number of allylic oxidation sites excluding steroid dienone is 1. The van der Waals surface area contributed by atoms with Crippen molar-refractivity contribution >= 4 is 0 Å². The standard InChI is InChI=1S/C15H11F3N4O/c1-7-2-4-8(5-3-7)10-9(6-19)13(20)23-14-11(10)12(21-22-14)15(16,17)18/h2-5,10H,20H2,1H3,(H,21,22)/t10-/m1/s1. The Bertz CT molecular complexity index is 828. The fourth-order valence-electron chi connectivity index (χ4n) is 2.55. The van der Waals surface area contributed by atoms with Crippen LogP contribution < -0.4 is 10.5 Å². The number of hydrogen-bond acceptors (Lipinski definition) is 4. The first-order chi connectivity index (χ1) is 10.8. The summed E-state index contributed by atoms with van der Waals surface area (Å²) < 4.78 is 44.8. The van der Waals surface area contributed by atoms with Crippen LogP contribution in [0.1, 0.15) is 28.3 Å². The van der Waals surface area contributed by atoms with Gasteiger partial charge >= 0.3 is 6.18 Å². The third-order valence-corrected chi connectivity index (χ3v) is 3.63. The average Bonchev–Trinajstić information content (AvgIpc) is 2.90. The molecule has 0 saturated heterocycles. The molecule has 3 N–H and O–H groups in total. The van der Waals surface area contributed by atoms with Gasteiger partial charge in [0.1, 0.15) is 17.3 Å². The number of alkyl halides is 3. The number of aromatic nitrogens is 2. The Morgan fingerprint density at radius 2 is 1.96 bits per heavy atom. The molecular formula is C15H11F3N4O. The number of fused-ring (bicyclic) bond motifs is 1. The maximum Gasteiger partial charge on any atom is 0.433 e. The van der Waals surface area contributed by atoms with Crippen molar-refractivity contribution in [3.63, 3.8) is 0 Å². The molecular weight excluding hydrogens is 309 g/mol. The maximum absolute atomic E-state index is 13.2. The van der Waals surface area contributed by atoms with Crippen molar-refractivity contribution in [3.05, 3.63) is 58.1 Å². The molecule has 0 amide bonds. The molecule has 0 unspecified atom stereocenters. The molecule has 3 rings (SSSR count). The van der Waals surface area contributed by atoms with Crippen LogP contribution >= 0.6 is 0 Å². The van der Waals surface area contributed by atoms with E-state index < -0.39 is 17.8 Å². The zero-order valence-electron chi connectivity index (χ0n) is 11.9. The predicted molar refractivity (Wildman–Crippen MR) is 74.1 cm³/mol. The number of aryl methyl sites for hydroxylation is 1. The lowest BCUT2D eigenvalue weighted by atomic mass is 9.83. The second kappa shape index (κ2) is 5.05. The van der Waals surface area contributed by atoms with Crippen molar-refractivity contribution in [2.75, 3.05) is 0 Å². The summed E-state index contributed by atoms with van der Waals surface area (Å²) in [5.41, 5.74) is 5.78. The second-order valence-electron chi connectivity index (χ2n) is 5.15. The first-order valence-corrected chi connectivity index (χ1v) is 6.62. The number of H-pyrrole nitrogens is 1. The highest BCUT2D eigenvalue weighted by Gasteiger charge is 2.44. The van der Waals surface area contributed by atoms with Gasteiger partial charge in [-0.3, -0.25) is 5.10 Å². The third kappa shape index (κ3) is 2.40. The van der Waals surface area contributed by atoms with Gasteiger partial charge in [-0.15, -0.1) is 5.10 Å². The molecule has 1 aliphatic heterocycles. The smallest absolute Gasteiger partial charge is 0.420 e. The SMILES string of the molecule is Cc1ccc([C@@H]2C(C#N)=C(N)Oc3n[nH]c(C(F)(F)F)c32)cc1. The van der Waals surface area contributed by atoms with Crippen LogP contribution in [0.5, 0.6) is 5.88 Å². The Morgan fingerprint density at radius 1 is 1.30 bits per heavy atom. The van der Waals surface area contributed by atoms with E-state index in [1.165, 1.54) is 0 Å². The molecule has 0 saturated carbocycles. The number of rotatable bonds is 1. The van der Waals surface area contributed by atoms with E-state index in [2.05, 4.69) is 5.10 Å². The minimum absolute atomic E-state index is 0.0757. The molecule has 1 aliphatic rings. The van der Waals surface area contributed by atoms with Crippen molar-refractivity contribution in [3.8, 4) is 11.9 Å². The Balaban J connectivity index is 2.26. The van der Waals surface area contributed by atoms with Crippen LogP contribution in [0.4, 0.5) is 13.2 Å². The quantitative estimate of drug-likeness (QED) is 0.845. The highest BCUT2D eigenvalue weighted by Crippen LogP contribution is 2.46. The van der Waals surface area contributed by atoms with Gasteiger partial charge in [0.05, 0.1) is 11.5 Å². The maximum atomic E-state index is 13.2. The number of halogens is 3. The van der Waals surface area contributed by atoms with Crippen molar-refractivity contribution in [2.45, 2.75) is 19.0 Å². The molecule has 0 spiro atoms. The molecule has 1 atom stereocenters. The number of nitrogens with one attached hydrogen (secondary N) is 1. The van der Waals surface area contributed by atoms with Crippen LogP contribution in [0.25, 0.3) is 0 Å². The predicted octanol–water partition coefficient (Wildman–Crippen LogP) is 2.96. The Morgan fingerprint density at radius 3 is 2.52 bits per heavy atom. The van der Waals surface area contributed by atoms with Crippen LogP contribution in [-0.4, -0.2) is 10.2 Å². The van der Waals surface area contributed by atoms with E-state index >= 15 is 0 Å². The fraction of sp³-hybridized carbons (Fsp3) is 0.200. The number of ether oxygens (including phenoxy) is 1. The zero-order chi connectivity index (χ0) is 16.8. The van der Waals surface area contributed by atoms with E-state index in [9.17, 15) is 18.4 Å². The van der Waals surface area contributed by atoms with Crippen LogP contribution in [0, 0.1) is 18.3 Å². The summed E-state index contributed by atoms with van der Waals surface area (Å²) in [7, 11) is 0. The molecule has 23 heavy (non-hydrogen) atoms. The van der Waals surface area contributed by atoms with Gasteiger partial charge in [-0.1, -0.05) is 29.8 Å². The summed E-state index contributed by atoms with van der Waals surface area (Å²) in [5.74, 6) is -1.50. The van der Waals surface area contributed by atoms with Gasteiger partial charge in [0.15, 0.2) is 0 Å². The number of nitrogens with two attached hydrogens (primary N) is 1. The van der Waals surface area contributed by atoms with Gasteiger partial charge in [0.25, 0.3) is 0 Å². The van der Waals surface area contributed by atoms with Crippen molar-refractivity contribution < 1.29 is 17.9 Å². The zero-order valence-corrected chi connectivity index (χ0v) is 11.9. The largest absolute Gasteiger partial charge is 0.433 e. The lowest BCUT2D eigenvalue weighted by Crippen LogP contribution is -2.22. The Labute approximate surface area is 129 Å². The van der Waals surface area contributed by atoms with Crippen molar-refractivity contribution in [1.82, 2.24) is 10.2 Å². The minimum atomic E-state index is -4.65. The lowest BCUT2D eigenvalue weighted by Gasteiger charge is -2.24. The summed E-state index contributed by atoms with van der Waals surface area (Å²) in [6.45, 7) is 1.85. The average molecular weight is 320 g/mol. The van der Waals surface area contributed by atoms with Gasteiger partial charge in [-0.2, -0.15) is 18.4 Å². The van der Waals surface area contributed by atoms with E-state index in [1.807, 2.05) is 18.1 Å². The molecule has 2 aromatic rings. The summed E-state index contributed by atoms with van der Waals surface area (Å²) in [6, 6.07) is 8.67. The summed E-state index contributed by atoms with van der Waals surface area (Å²) in [5, 5.41) is 14.8. The number of aromatic amines is 1. The van der Waals surface area contributed by atoms with Crippen LogP contribution in [0.3, 0.4) is 0 Å². The Hall–Kier alpha value is -2.95. The Kier molecular flexibility index (Phi) is 3.29. The van der Waals surface area contributed by atoms with E-state index in [0.29, 0.717) is 5.56 Å². The molecule has 5 nitrogen and oxygen atoms in total. The summed E-state index contributed by atoms with van der Waals surface area (Å²) in [4.78, 5) is 0. The number of nitriles is 1. The first kappa shape index (κ1) is 15.0. The molecule has 2 heterocycles. The normalized spacial score (nSPS) is 17.4. The second-order valence-corrected chi connectivity index (χ2v) is 5.15. The number of nitrogens with zero attached hydrogens (tertiary/aromatic N) is 2. The van der Waals surface area contributed by atoms with Gasteiger partial charge in [-0.25, -0.2) is 0 Å². The fourth-order valence-corrected chi connectivity index (χ4v) is 2.55. The highest BCUT2D eigenvalue weighted by molar-refractivity contribution is 5.55. The monoisotopic (exact) mass is 320 g/mol. The molecule has 1 aromatic carbocycles. The molecule has 0 aliphatic carbocycles. The number of hydrogen-bond donors (Lipinski definition) is 2. The van der Waals surface area contributed by atoms with Gasteiger partial charge in [0.2, 0.25) is 11.8 Å². The van der Waals surface area contributed by atoms with Gasteiger partial charge in [-0.05, 0) is 12.5 Å². The summed E-state index contributed by atoms with van der Waals surface area (Å²) in [6.07, 6.45) is -4.65. The molecule has 0 bridgehead atoms. The van der Waals surface area contributed by atoms with Crippen molar-refractivity contribution in [1.29, 1.82) is 5.26 Å². The molecule has 8 heteroatoms. The van der Waals surface area contributed by atoms with Gasteiger partial charge < -0.3 is 10.5 Å². The topological polar surface area (TPSA) is 87.7 Å². The summed E-state index contributed by atoms with van der Waals surface area (Å²) >= 11 is 0. The lowest BCUT2D eigenvalue weighted by molar-refractivity contribution is -0.141. The molecule has 0 radical (unpaired) electrons. The molecule has 0 fully saturated rings. The van der Waals surface area contributed by atoms with E-state index in [-0.39, 0.29) is 22.9 Å². The van der Waals surface area contributed by atoms with Crippen molar-refractivity contribution in [2.24, 2.45) is 5.73 Å². The molecule has 1 aromatic heterocycles. The van der Waals surface area contributed by atoms with E-state index in [1.54, 1.807) is 24.3 Å². The minimum Gasteiger partial charge on any atom is -0.420 e. The van der Waals surface area contributed by atoms with E-state index in [4.69, 9.17) is 10.5 Å². The molecule has 118 valence electrons. The van der Waals surface area contributed by atoms with E-state index in [0.717, 1.165) is 5.56 Å². The first-order valence-electron chi connectivity index (χ1n) is 6.62. The van der Waals surface area contributed by atoms with Crippen LogP contribution in [-0.2, 0) is 6.18 Å². The third-order valence-electron chi connectivity index (χ3n) is 3.63. The van der Waals surface area contributed by atoms with Crippen LogP contribution in [0.2, 0.25) is 0 Å². The van der Waals surface area contributed by atoms with Crippen LogP contribution in [0.15, 0.2) is 35.7 Å². The highest BCUT2D eigenvalue weighted by atomic mass is 19.4. The number of benzene rings is 1.